The van der Waals surface area contributed by atoms with Gasteiger partial charge in [0, 0.05) is 7.11 Å². The molecule has 0 bridgehead atoms. The Labute approximate surface area is 94.4 Å². The summed E-state index contributed by atoms with van der Waals surface area (Å²) in [5.41, 5.74) is -1.74. The highest BCUT2D eigenvalue weighted by atomic mass is 16.5. The third-order valence-electron chi connectivity index (χ3n) is 3.96. The largest absolute Gasteiger partial charge is 0.395 e. The van der Waals surface area contributed by atoms with Crippen LogP contribution in [0.5, 0.6) is 0 Å². The Morgan fingerprint density at radius 1 is 1.38 bits per heavy atom. The fraction of sp³-hybridized carbons (Fsp3) is 0.818. The molecule has 2 heterocycles. The molecule has 2 aliphatic heterocycles. The summed E-state index contributed by atoms with van der Waals surface area (Å²) in [5, 5.41) is 9.44. The molecule has 90 valence electrons. The summed E-state index contributed by atoms with van der Waals surface area (Å²) in [6, 6.07) is -0.336. The van der Waals surface area contributed by atoms with Crippen molar-refractivity contribution in [3.63, 3.8) is 0 Å². The van der Waals surface area contributed by atoms with Gasteiger partial charge in [0.25, 0.3) is 5.91 Å². The van der Waals surface area contributed by atoms with Gasteiger partial charge in [0.15, 0.2) is 11.9 Å². The zero-order valence-corrected chi connectivity index (χ0v) is 9.98. The summed E-state index contributed by atoms with van der Waals surface area (Å²) < 4.78 is 5.10. The molecule has 0 saturated carbocycles. The summed E-state index contributed by atoms with van der Waals surface area (Å²) in [6.45, 7) is 4.86. The summed E-state index contributed by atoms with van der Waals surface area (Å²) in [7, 11) is 1.45. The number of ketones is 1. The second-order valence-electron chi connectivity index (χ2n) is 5.27. The van der Waals surface area contributed by atoms with Gasteiger partial charge in [0.2, 0.25) is 0 Å². The molecule has 0 aromatic heterocycles. The zero-order chi connectivity index (χ0) is 12.3. The van der Waals surface area contributed by atoms with Gasteiger partial charge in [-0.1, -0.05) is 0 Å². The lowest BCUT2D eigenvalue weighted by molar-refractivity contribution is -0.180. The first kappa shape index (κ1) is 11.5. The van der Waals surface area contributed by atoms with Crippen molar-refractivity contribution in [3.8, 4) is 0 Å². The molecular weight excluding hydrogens is 210 g/mol. The van der Waals surface area contributed by atoms with E-state index in [1.54, 1.807) is 25.7 Å². The van der Waals surface area contributed by atoms with E-state index in [2.05, 4.69) is 0 Å². The second kappa shape index (κ2) is 3.05. The molecule has 1 amide bonds. The van der Waals surface area contributed by atoms with E-state index in [-0.39, 0.29) is 24.3 Å². The smallest absolute Gasteiger partial charge is 0.255 e. The van der Waals surface area contributed by atoms with Crippen LogP contribution in [0.15, 0.2) is 0 Å². The number of hydrogen-bond donors (Lipinski definition) is 1. The average Bonchev–Trinajstić information content (AvgIpc) is 2.36. The lowest BCUT2D eigenvalue weighted by atomic mass is 9.75. The standard InChI is InChI=1S/C11H17NO4/c1-10(2)9(15)11(3,5-13)7-6(16-4)8(14)12(7)10/h6-7,13H,5H2,1-4H3/t6-,7-,11-/m0/s1. The highest BCUT2D eigenvalue weighted by Crippen LogP contribution is 2.50. The molecule has 0 radical (unpaired) electrons. The first-order valence-corrected chi connectivity index (χ1v) is 5.34. The topological polar surface area (TPSA) is 66.8 Å². The van der Waals surface area contributed by atoms with Crippen LogP contribution < -0.4 is 0 Å². The third kappa shape index (κ3) is 0.978. The summed E-state index contributed by atoms with van der Waals surface area (Å²) in [6.07, 6.45) is -0.595. The summed E-state index contributed by atoms with van der Waals surface area (Å²) in [4.78, 5) is 25.6. The molecule has 1 N–H and O–H groups in total. The molecule has 2 aliphatic rings. The molecule has 0 aromatic carbocycles. The normalized spacial score (nSPS) is 40.9. The molecule has 16 heavy (non-hydrogen) atoms. The number of nitrogens with zero attached hydrogens (tertiary/aromatic N) is 1. The van der Waals surface area contributed by atoms with E-state index in [4.69, 9.17) is 4.74 Å². The van der Waals surface area contributed by atoms with Gasteiger partial charge in [-0.25, -0.2) is 0 Å². The van der Waals surface area contributed by atoms with Gasteiger partial charge >= 0.3 is 0 Å². The molecule has 2 fully saturated rings. The lowest BCUT2D eigenvalue weighted by Gasteiger charge is -2.49. The highest BCUT2D eigenvalue weighted by Gasteiger charge is 2.71. The number of hydrogen-bond acceptors (Lipinski definition) is 4. The molecule has 2 rings (SSSR count). The van der Waals surface area contributed by atoms with Gasteiger partial charge in [-0.15, -0.1) is 0 Å². The van der Waals surface area contributed by atoms with E-state index in [0.29, 0.717) is 0 Å². The number of β-lactam (4-membered cyclic amide) rings is 1. The Bertz CT molecular complexity index is 365. The van der Waals surface area contributed by atoms with Crippen molar-refractivity contribution in [2.45, 2.75) is 38.5 Å². The van der Waals surface area contributed by atoms with Crippen molar-refractivity contribution in [1.82, 2.24) is 4.90 Å². The SMILES string of the molecule is CO[C@@H]1C(=O)N2[C@@H]1[C@](C)(CO)C(=O)C2(C)C. The molecule has 2 saturated heterocycles. The maximum absolute atomic E-state index is 12.2. The Balaban J connectivity index is 2.46. The predicted molar refractivity (Wildman–Crippen MR) is 55.7 cm³/mol. The number of rotatable bonds is 2. The number of amides is 1. The van der Waals surface area contributed by atoms with Crippen LogP contribution in [-0.2, 0) is 14.3 Å². The predicted octanol–water partition coefficient (Wildman–Crippen LogP) is -0.428. The van der Waals surface area contributed by atoms with Gasteiger partial charge in [0.1, 0.15) is 0 Å². The minimum Gasteiger partial charge on any atom is -0.395 e. The Kier molecular flexibility index (Phi) is 2.20. The lowest BCUT2D eigenvalue weighted by Crippen LogP contribution is -2.70. The van der Waals surface area contributed by atoms with Crippen LogP contribution in [0.3, 0.4) is 0 Å². The van der Waals surface area contributed by atoms with Gasteiger partial charge < -0.3 is 14.7 Å². The molecule has 0 aliphatic carbocycles. The first-order chi connectivity index (χ1) is 7.32. The number of Topliss-reactive ketones (excluding diaryl/α,β-unsaturated/α-hetero) is 1. The number of carbonyl (C=O) groups excluding carboxylic acids is 2. The minimum absolute atomic E-state index is 0.0969. The fourth-order valence-electron chi connectivity index (χ4n) is 3.04. The van der Waals surface area contributed by atoms with Crippen molar-refractivity contribution in [3.05, 3.63) is 0 Å². The summed E-state index contributed by atoms with van der Waals surface area (Å²) >= 11 is 0. The first-order valence-electron chi connectivity index (χ1n) is 5.34. The van der Waals surface area contributed by atoms with Crippen molar-refractivity contribution >= 4 is 11.7 Å². The Morgan fingerprint density at radius 2 is 1.94 bits per heavy atom. The highest BCUT2D eigenvalue weighted by molar-refractivity contribution is 6.06. The van der Waals surface area contributed by atoms with Gasteiger partial charge in [-0.3, -0.25) is 9.59 Å². The zero-order valence-electron chi connectivity index (χ0n) is 9.98. The van der Waals surface area contributed by atoms with Crippen molar-refractivity contribution in [2.75, 3.05) is 13.7 Å². The van der Waals surface area contributed by atoms with Crippen LogP contribution in [0, 0.1) is 5.41 Å². The number of aliphatic hydroxyl groups is 1. The van der Waals surface area contributed by atoms with Gasteiger partial charge in [0.05, 0.1) is 23.6 Å². The minimum atomic E-state index is -0.905. The Hall–Kier alpha value is -0.940. The number of ether oxygens (including phenoxy) is 1. The van der Waals surface area contributed by atoms with Crippen molar-refractivity contribution < 1.29 is 19.4 Å². The van der Waals surface area contributed by atoms with E-state index in [9.17, 15) is 14.7 Å². The third-order valence-corrected chi connectivity index (χ3v) is 3.96. The molecule has 5 heteroatoms. The van der Waals surface area contributed by atoms with Gasteiger partial charge in [-0.05, 0) is 20.8 Å². The second-order valence-corrected chi connectivity index (χ2v) is 5.27. The molecule has 3 atom stereocenters. The monoisotopic (exact) mass is 227 g/mol. The number of carbonyl (C=O) groups is 2. The molecule has 0 aromatic rings. The quantitative estimate of drug-likeness (QED) is 0.650. The summed E-state index contributed by atoms with van der Waals surface area (Å²) in [5.74, 6) is -0.261. The molecule has 0 spiro atoms. The van der Waals surface area contributed by atoms with Crippen LogP contribution in [0.4, 0.5) is 0 Å². The van der Waals surface area contributed by atoms with Crippen LogP contribution in [-0.4, -0.2) is 53.1 Å². The van der Waals surface area contributed by atoms with E-state index in [1.165, 1.54) is 7.11 Å². The Morgan fingerprint density at radius 3 is 2.38 bits per heavy atom. The van der Waals surface area contributed by atoms with E-state index >= 15 is 0 Å². The maximum atomic E-state index is 12.2. The number of aliphatic hydroxyl groups excluding tert-OH is 1. The molecule has 0 unspecified atom stereocenters. The average molecular weight is 227 g/mol. The van der Waals surface area contributed by atoms with Crippen LogP contribution in [0.2, 0.25) is 0 Å². The van der Waals surface area contributed by atoms with E-state index < -0.39 is 17.1 Å². The van der Waals surface area contributed by atoms with Crippen LogP contribution in [0.25, 0.3) is 0 Å². The van der Waals surface area contributed by atoms with E-state index in [0.717, 1.165) is 0 Å². The number of fused-ring (bicyclic) bond motifs is 1. The van der Waals surface area contributed by atoms with E-state index in [1.807, 2.05) is 0 Å². The number of methoxy groups -OCH3 is 1. The van der Waals surface area contributed by atoms with Crippen LogP contribution >= 0.6 is 0 Å². The van der Waals surface area contributed by atoms with Gasteiger partial charge in [-0.2, -0.15) is 0 Å². The fourth-order valence-corrected chi connectivity index (χ4v) is 3.04. The molecule has 5 nitrogen and oxygen atoms in total. The maximum Gasteiger partial charge on any atom is 0.255 e. The van der Waals surface area contributed by atoms with Crippen molar-refractivity contribution in [2.24, 2.45) is 5.41 Å². The van der Waals surface area contributed by atoms with Crippen LogP contribution in [0.1, 0.15) is 20.8 Å². The van der Waals surface area contributed by atoms with Crippen molar-refractivity contribution in [1.29, 1.82) is 0 Å². The molecular formula is C11H17NO4.